The average molecular weight is 446 g/mol. The molecule has 0 aliphatic carbocycles. The van der Waals surface area contributed by atoms with Gasteiger partial charge in [0.05, 0.1) is 12.2 Å². The lowest BCUT2D eigenvalue weighted by Crippen LogP contribution is -2.45. The lowest BCUT2D eigenvalue weighted by Gasteiger charge is -2.23. The molecular formula is C17H11F9N2O2. The summed E-state index contributed by atoms with van der Waals surface area (Å²) in [6, 6.07) is 3.20. The summed E-state index contributed by atoms with van der Waals surface area (Å²) < 4.78 is 120. The van der Waals surface area contributed by atoms with Crippen molar-refractivity contribution in [1.29, 1.82) is 0 Å². The molecule has 0 spiro atoms. The van der Waals surface area contributed by atoms with E-state index < -0.39 is 65.5 Å². The lowest BCUT2D eigenvalue weighted by molar-refractivity contribution is -0.305. The number of amides is 2. The number of anilines is 1. The molecule has 30 heavy (non-hydrogen) atoms. The molecule has 0 bridgehead atoms. The van der Waals surface area contributed by atoms with Crippen LogP contribution in [-0.2, 0) is 6.54 Å². The monoisotopic (exact) mass is 446 g/mol. The second kappa shape index (κ2) is 8.71. The zero-order valence-corrected chi connectivity index (χ0v) is 14.5. The first-order valence-corrected chi connectivity index (χ1v) is 7.86. The summed E-state index contributed by atoms with van der Waals surface area (Å²) >= 11 is 0. The first-order chi connectivity index (χ1) is 13.8. The van der Waals surface area contributed by atoms with Crippen LogP contribution in [0.25, 0.3) is 0 Å². The number of urea groups is 1. The first-order valence-electron chi connectivity index (χ1n) is 7.86. The topological polar surface area (TPSA) is 50.4 Å². The molecule has 164 valence electrons. The third kappa shape index (κ3) is 5.70. The number of halogens is 9. The number of carbonyl (C=O) groups excluding carboxylic acids is 1. The van der Waals surface area contributed by atoms with Crippen molar-refractivity contribution in [1.82, 2.24) is 5.32 Å². The molecule has 0 saturated carbocycles. The molecule has 2 aromatic carbocycles. The van der Waals surface area contributed by atoms with Gasteiger partial charge in [-0.2, -0.15) is 22.0 Å². The van der Waals surface area contributed by atoms with Crippen molar-refractivity contribution in [2.24, 2.45) is 0 Å². The third-order valence-electron chi connectivity index (χ3n) is 3.51. The van der Waals surface area contributed by atoms with Crippen molar-refractivity contribution >= 4 is 11.7 Å². The van der Waals surface area contributed by atoms with E-state index in [2.05, 4.69) is 4.74 Å². The average Bonchev–Trinajstić information content (AvgIpc) is 2.62. The predicted octanol–water partition coefficient (Wildman–Crippen LogP) is 5.30. The summed E-state index contributed by atoms with van der Waals surface area (Å²) in [6.07, 6.45) is -15.9. The normalized spacial score (nSPS) is 13.0. The van der Waals surface area contributed by atoms with Gasteiger partial charge in [-0.25, -0.2) is 22.4 Å². The smallest absolute Gasteiger partial charge is 0.430 e. The van der Waals surface area contributed by atoms with E-state index in [1.807, 2.05) is 10.6 Å². The molecule has 13 heteroatoms. The first kappa shape index (κ1) is 23.2. The number of hydrogen-bond donors (Lipinski definition) is 2. The Kier molecular flexibility index (Phi) is 6.73. The van der Waals surface area contributed by atoms with Crippen molar-refractivity contribution in [3.8, 4) is 5.75 Å². The number of nitrogens with one attached hydrogen (secondary N) is 2. The largest absolute Gasteiger partial charge is 0.439 e. The van der Waals surface area contributed by atoms with Crippen molar-refractivity contribution < 1.29 is 49.0 Å². The summed E-state index contributed by atoms with van der Waals surface area (Å²) in [7, 11) is 0. The summed E-state index contributed by atoms with van der Waals surface area (Å²) in [6.45, 7) is -0.616. The van der Waals surface area contributed by atoms with Crippen LogP contribution in [-0.4, -0.2) is 24.5 Å². The summed E-state index contributed by atoms with van der Waals surface area (Å²) in [4.78, 5) is 11.7. The Balaban J connectivity index is 2.02. The predicted molar refractivity (Wildman–Crippen MR) is 85.1 cm³/mol. The fourth-order valence-electron chi connectivity index (χ4n) is 2.10. The third-order valence-corrected chi connectivity index (χ3v) is 3.51. The highest BCUT2D eigenvalue weighted by Gasteiger charge is 2.59. The minimum Gasteiger partial charge on any atom is -0.430 e. The summed E-state index contributed by atoms with van der Waals surface area (Å²) in [5, 5.41) is 3.91. The van der Waals surface area contributed by atoms with Crippen LogP contribution in [0.3, 0.4) is 0 Å². The van der Waals surface area contributed by atoms with E-state index in [0.29, 0.717) is 12.1 Å². The van der Waals surface area contributed by atoms with Crippen molar-refractivity contribution in [2.45, 2.75) is 25.0 Å². The second-order valence-electron chi connectivity index (χ2n) is 5.72. The number of alkyl halides is 6. The van der Waals surface area contributed by atoms with Crippen LogP contribution in [0.5, 0.6) is 5.75 Å². The zero-order valence-electron chi connectivity index (χ0n) is 14.5. The van der Waals surface area contributed by atoms with Crippen LogP contribution in [0.2, 0.25) is 0 Å². The molecule has 2 rings (SSSR count). The molecule has 0 saturated heterocycles. The molecule has 2 amide bonds. The molecule has 0 fully saturated rings. The Hall–Kier alpha value is -3.12. The minimum absolute atomic E-state index is 0.184. The Morgan fingerprint density at radius 1 is 0.967 bits per heavy atom. The van der Waals surface area contributed by atoms with Crippen molar-refractivity contribution in [2.75, 3.05) is 5.32 Å². The van der Waals surface area contributed by atoms with Crippen LogP contribution >= 0.6 is 0 Å². The van der Waals surface area contributed by atoms with Gasteiger partial charge in [0.1, 0.15) is 23.2 Å². The molecule has 1 unspecified atom stereocenters. The van der Waals surface area contributed by atoms with Gasteiger partial charge in [-0.15, -0.1) is 0 Å². The van der Waals surface area contributed by atoms with Gasteiger partial charge in [0, 0.05) is 11.6 Å². The van der Waals surface area contributed by atoms with Gasteiger partial charge in [-0.3, -0.25) is 0 Å². The van der Waals surface area contributed by atoms with Gasteiger partial charge in [-0.1, -0.05) is 6.07 Å². The Bertz CT molecular complexity index is 898. The second-order valence-corrected chi connectivity index (χ2v) is 5.72. The molecule has 0 aliphatic rings. The Morgan fingerprint density at radius 2 is 1.57 bits per heavy atom. The summed E-state index contributed by atoms with van der Waals surface area (Å²) in [5.74, 6) is -4.47. The maximum absolute atomic E-state index is 13.9. The number of rotatable bonds is 6. The maximum Gasteiger partial charge on any atom is 0.439 e. The van der Waals surface area contributed by atoms with E-state index in [4.69, 9.17) is 0 Å². The highest BCUT2D eigenvalue weighted by molar-refractivity contribution is 5.89. The van der Waals surface area contributed by atoms with Crippen molar-refractivity contribution in [3.63, 3.8) is 0 Å². The molecule has 4 nitrogen and oxygen atoms in total. The quantitative estimate of drug-likeness (QED) is 0.592. The number of benzene rings is 2. The van der Waals surface area contributed by atoms with E-state index in [1.54, 1.807) is 0 Å². The SMILES string of the molecule is O=C(NCc1c(F)cccc1F)Nc1ccc(OC(F)(F)C(F)C(F)(F)F)cc1F. The Morgan fingerprint density at radius 3 is 2.10 bits per heavy atom. The van der Waals surface area contributed by atoms with E-state index in [0.717, 1.165) is 18.2 Å². The van der Waals surface area contributed by atoms with Gasteiger partial charge in [-0.05, 0) is 24.3 Å². The maximum atomic E-state index is 13.9. The molecule has 2 N–H and O–H groups in total. The van der Waals surface area contributed by atoms with Crippen LogP contribution in [0.1, 0.15) is 5.56 Å². The zero-order chi connectivity index (χ0) is 22.7. The van der Waals surface area contributed by atoms with E-state index >= 15 is 0 Å². The van der Waals surface area contributed by atoms with Gasteiger partial charge < -0.3 is 15.4 Å². The number of ether oxygens (including phenoxy) is 1. The fourth-order valence-corrected chi connectivity index (χ4v) is 2.10. The van der Waals surface area contributed by atoms with Crippen LogP contribution < -0.4 is 15.4 Å². The molecule has 0 heterocycles. The molecule has 2 aromatic rings. The van der Waals surface area contributed by atoms with Crippen LogP contribution in [0.15, 0.2) is 36.4 Å². The molecule has 0 aliphatic heterocycles. The molecule has 0 radical (unpaired) electrons. The number of hydrogen-bond acceptors (Lipinski definition) is 2. The highest BCUT2D eigenvalue weighted by atomic mass is 19.4. The van der Waals surface area contributed by atoms with E-state index in [1.165, 1.54) is 0 Å². The standard InChI is InChI=1S/C17H11F9N2O2/c18-10-2-1-3-11(19)9(10)7-27-15(29)28-13-5-4-8(6-12(13)20)30-17(25,26)14(21)16(22,23)24/h1-6,14H,7H2,(H2,27,28,29). The lowest BCUT2D eigenvalue weighted by atomic mass is 10.2. The number of carbonyl (C=O) groups is 1. The van der Waals surface area contributed by atoms with Gasteiger partial charge in [0.15, 0.2) is 0 Å². The fraction of sp³-hybridized carbons (Fsp3) is 0.235. The molecule has 1 atom stereocenters. The van der Waals surface area contributed by atoms with E-state index in [-0.39, 0.29) is 6.07 Å². The van der Waals surface area contributed by atoms with Gasteiger partial charge in [0.2, 0.25) is 0 Å². The molecular weight excluding hydrogens is 435 g/mol. The van der Waals surface area contributed by atoms with Gasteiger partial charge in [0.25, 0.3) is 6.17 Å². The minimum atomic E-state index is -5.92. The van der Waals surface area contributed by atoms with Crippen LogP contribution in [0, 0.1) is 17.5 Å². The van der Waals surface area contributed by atoms with Crippen molar-refractivity contribution in [3.05, 3.63) is 59.4 Å². The highest BCUT2D eigenvalue weighted by Crippen LogP contribution is 2.37. The van der Waals surface area contributed by atoms with Crippen LogP contribution in [0.4, 0.5) is 50.0 Å². The Labute approximate surface area is 162 Å². The van der Waals surface area contributed by atoms with E-state index in [9.17, 15) is 44.3 Å². The van der Waals surface area contributed by atoms with Gasteiger partial charge >= 0.3 is 18.3 Å². The summed E-state index contributed by atoms with van der Waals surface area (Å²) in [5.41, 5.74) is -1.12. The molecule has 0 aromatic heterocycles.